The molecule has 35 heavy (non-hydrogen) atoms. The number of benzene rings is 2. The zero-order chi connectivity index (χ0) is 25.0. The molecule has 2 saturated heterocycles. The molecule has 2 aliphatic rings. The first-order valence-electron chi connectivity index (χ1n) is 12.1. The van der Waals surface area contributed by atoms with Gasteiger partial charge in [0, 0.05) is 37.5 Å². The summed E-state index contributed by atoms with van der Waals surface area (Å²) < 4.78 is 33.9. The summed E-state index contributed by atoms with van der Waals surface area (Å²) in [7, 11) is -3.79. The second kappa shape index (κ2) is 10.8. The first kappa shape index (κ1) is 25.2. The number of nitrogens with one attached hydrogen (secondary N) is 2. The van der Waals surface area contributed by atoms with Crippen molar-refractivity contribution in [3.05, 3.63) is 59.2 Å². The summed E-state index contributed by atoms with van der Waals surface area (Å²) in [5.74, 6) is -0.526. The van der Waals surface area contributed by atoms with Crippen LogP contribution in [-0.4, -0.2) is 57.5 Å². The minimum Gasteiger partial charge on any atom is -0.376 e. The van der Waals surface area contributed by atoms with E-state index in [1.807, 2.05) is 13.8 Å². The molecule has 8 nitrogen and oxygen atoms in total. The number of hydrogen-bond acceptors (Lipinski definition) is 5. The first-order valence-corrected chi connectivity index (χ1v) is 13.6. The second-order valence-corrected chi connectivity index (χ2v) is 11.1. The smallest absolute Gasteiger partial charge is 0.261 e. The summed E-state index contributed by atoms with van der Waals surface area (Å²) in [6.07, 6.45) is 3.53. The average Bonchev–Trinajstić information content (AvgIpc) is 3.37. The van der Waals surface area contributed by atoms with Gasteiger partial charge in [0.05, 0.1) is 16.9 Å². The standard InChI is InChI=1S/C26H33N3O5S/c1-18-10-11-24(14-19(18)2)35(32,33)28-22-8-3-6-20(15-22)26(31)29-12-4-7-21(17-29)25(30)27-16-23-9-5-13-34-23/h3,6,8,10-11,14-15,21,23,28H,4-5,7,9,12-13,16-17H2,1-2H3,(H,27,30)/t21-,23+/m0/s1. The molecule has 0 unspecified atom stereocenters. The van der Waals surface area contributed by atoms with Gasteiger partial charge in [-0.2, -0.15) is 0 Å². The topological polar surface area (TPSA) is 105 Å². The molecule has 2 aliphatic heterocycles. The van der Waals surface area contributed by atoms with Gasteiger partial charge in [0.1, 0.15) is 0 Å². The molecule has 188 valence electrons. The number of likely N-dealkylation sites (tertiary alicyclic amines) is 1. The Balaban J connectivity index is 1.40. The number of hydrogen-bond donors (Lipinski definition) is 2. The van der Waals surface area contributed by atoms with Crippen LogP contribution in [0.2, 0.25) is 0 Å². The molecule has 2 atom stereocenters. The molecule has 2 aromatic carbocycles. The van der Waals surface area contributed by atoms with Crippen molar-refractivity contribution in [1.82, 2.24) is 10.2 Å². The Kier molecular flexibility index (Phi) is 7.76. The average molecular weight is 500 g/mol. The molecule has 2 heterocycles. The highest BCUT2D eigenvalue weighted by atomic mass is 32.2. The zero-order valence-electron chi connectivity index (χ0n) is 20.2. The molecule has 2 fully saturated rings. The summed E-state index contributed by atoms with van der Waals surface area (Å²) in [6, 6.07) is 11.4. The van der Waals surface area contributed by atoms with Crippen molar-refractivity contribution in [3.8, 4) is 0 Å². The minimum atomic E-state index is -3.79. The number of carbonyl (C=O) groups excluding carboxylic acids is 2. The fraction of sp³-hybridized carbons (Fsp3) is 0.462. The van der Waals surface area contributed by atoms with Crippen LogP contribution in [0.25, 0.3) is 0 Å². The van der Waals surface area contributed by atoms with Crippen LogP contribution >= 0.6 is 0 Å². The first-order chi connectivity index (χ1) is 16.7. The maximum Gasteiger partial charge on any atom is 0.261 e. The van der Waals surface area contributed by atoms with Crippen molar-refractivity contribution in [2.75, 3.05) is 31.0 Å². The number of nitrogens with zero attached hydrogens (tertiary/aromatic N) is 1. The van der Waals surface area contributed by atoms with E-state index in [0.717, 1.165) is 43.4 Å². The van der Waals surface area contributed by atoms with Crippen LogP contribution in [0.15, 0.2) is 47.4 Å². The molecule has 0 saturated carbocycles. The van der Waals surface area contributed by atoms with Crippen molar-refractivity contribution in [2.24, 2.45) is 5.92 Å². The second-order valence-electron chi connectivity index (χ2n) is 9.40. The van der Waals surface area contributed by atoms with Crippen LogP contribution in [0, 0.1) is 19.8 Å². The fourth-order valence-corrected chi connectivity index (χ4v) is 5.67. The summed E-state index contributed by atoms with van der Waals surface area (Å²) in [5.41, 5.74) is 2.59. The zero-order valence-corrected chi connectivity index (χ0v) is 21.1. The molecule has 0 aromatic heterocycles. The van der Waals surface area contributed by atoms with Gasteiger partial charge in [-0.1, -0.05) is 12.1 Å². The molecular weight excluding hydrogens is 466 g/mol. The van der Waals surface area contributed by atoms with E-state index in [4.69, 9.17) is 4.74 Å². The Hall–Kier alpha value is -2.91. The van der Waals surface area contributed by atoms with Gasteiger partial charge in [0.15, 0.2) is 0 Å². The van der Waals surface area contributed by atoms with Crippen molar-refractivity contribution in [3.63, 3.8) is 0 Å². The molecular formula is C26H33N3O5S. The number of piperidine rings is 1. The van der Waals surface area contributed by atoms with E-state index in [1.54, 1.807) is 47.4 Å². The summed E-state index contributed by atoms with van der Waals surface area (Å²) in [5, 5.41) is 2.97. The van der Waals surface area contributed by atoms with Crippen LogP contribution in [0.4, 0.5) is 5.69 Å². The Bertz CT molecular complexity index is 1190. The molecule has 0 bridgehead atoms. The van der Waals surface area contributed by atoms with Crippen LogP contribution in [0.5, 0.6) is 0 Å². The van der Waals surface area contributed by atoms with Crippen molar-refractivity contribution >= 4 is 27.5 Å². The fourth-order valence-electron chi connectivity index (χ4n) is 4.53. The quantitative estimate of drug-likeness (QED) is 0.609. The molecule has 0 spiro atoms. The third-order valence-corrected chi connectivity index (χ3v) is 8.14. The van der Waals surface area contributed by atoms with Gasteiger partial charge >= 0.3 is 0 Å². The van der Waals surface area contributed by atoms with E-state index in [9.17, 15) is 18.0 Å². The van der Waals surface area contributed by atoms with Crippen LogP contribution in [0.3, 0.4) is 0 Å². The van der Waals surface area contributed by atoms with Gasteiger partial charge in [0.2, 0.25) is 5.91 Å². The highest BCUT2D eigenvalue weighted by Gasteiger charge is 2.30. The Morgan fingerprint density at radius 1 is 1.06 bits per heavy atom. The maximum absolute atomic E-state index is 13.2. The van der Waals surface area contributed by atoms with Crippen LogP contribution in [0.1, 0.15) is 47.2 Å². The van der Waals surface area contributed by atoms with Gasteiger partial charge < -0.3 is 15.0 Å². The third-order valence-electron chi connectivity index (χ3n) is 6.76. The van der Waals surface area contributed by atoms with Gasteiger partial charge in [-0.3, -0.25) is 14.3 Å². The molecule has 0 radical (unpaired) electrons. The number of rotatable bonds is 7. The lowest BCUT2D eigenvalue weighted by Gasteiger charge is -2.32. The summed E-state index contributed by atoms with van der Waals surface area (Å²) in [4.78, 5) is 27.7. The molecule has 2 aromatic rings. The Morgan fingerprint density at radius 3 is 2.63 bits per heavy atom. The Morgan fingerprint density at radius 2 is 1.89 bits per heavy atom. The number of amides is 2. The lowest BCUT2D eigenvalue weighted by atomic mass is 9.96. The summed E-state index contributed by atoms with van der Waals surface area (Å²) >= 11 is 0. The molecule has 0 aliphatic carbocycles. The maximum atomic E-state index is 13.2. The van der Waals surface area contributed by atoms with E-state index >= 15 is 0 Å². The third kappa shape index (κ3) is 6.21. The lowest BCUT2D eigenvalue weighted by molar-refractivity contribution is -0.126. The SMILES string of the molecule is Cc1ccc(S(=O)(=O)Nc2cccc(C(=O)N3CCC[C@H](C(=O)NC[C@H]4CCCO4)C3)c2)cc1C. The monoisotopic (exact) mass is 499 g/mol. The van der Waals surface area contributed by atoms with Gasteiger partial charge in [-0.05, 0) is 81.0 Å². The highest BCUT2D eigenvalue weighted by molar-refractivity contribution is 7.92. The van der Waals surface area contributed by atoms with E-state index in [2.05, 4.69) is 10.0 Å². The molecule has 9 heteroatoms. The summed E-state index contributed by atoms with van der Waals surface area (Å²) in [6.45, 7) is 5.94. The van der Waals surface area contributed by atoms with E-state index < -0.39 is 10.0 Å². The number of aryl methyl sites for hydroxylation is 2. The number of ether oxygens (including phenoxy) is 1. The lowest BCUT2D eigenvalue weighted by Crippen LogP contribution is -2.46. The van der Waals surface area contributed by atoms with Crippen molar-refractivity contribution in [2.45, 2.75) is 50.5 Å². The largest absolute Gasteiger partial charge is 0.376 e. The van der Waals surface area contributed by atoms with Crippen molar-refractivity contribution in [1.29, 1.82) is 0 Å². The van der Waals surface area contributed by atoms with Gasteiger partial charge in [-0.25, -0.2) is 8.42 Å². The van der Waals surface area contributed by atoms with Crippen LogP contribution < -0.4 is 10.0 Å². The van der Waals surface area contributed by atoms with Gasteiger partial charge in [-0.15, -0.1) is 0 Å². The van der Waals surface area contributed by atoms with Crippen LogP contribution in [-0.2, 0) is 19.6 Å². The normalized spacial score (nSPS) is 20.5. The Labute approximate surface area is 207 Å². The predicted molar refractivity (Wildman–Crippen MR) is 134 cm³/mol. The predicted octanol–water partition coefficient (Wildman–Crippen LogP) is 3.25. The van der Waals surface area contributed by atoms with E-state index in [0.29, 0.717) is 30.9 Å². The molecule has 4 rings (SSSR count). The number of sulfonamides is 1. The van der Waals surface area contributed by atoms with E-state index in [1.165, 1.54) is 0 Å². The molecule has 2 amide bonds. The highest BCUT2D eigenvalue weighted by Crippen LogP contribution is 2.23. The minimum absolute atomic E-state index is 0.0482. The van der Waals surface area contributed by atoms with Gasteiger partial charge in [0.25, 0.3) is 15.9 Å². The molecule has 2 N–H and O–H groups in total. The van der Waals surface area contributed by atoms with Crippen molar-refractivity contribution < 1.29 is 22.7 Å². The number of carbonyl (C=O) groups is 2. The van der Waals surface area contributed by atoms with E-state index in [-0.39, 0.29) is 28.7 Å². The number of anilines is 1.